The van der Waals surface area contributed by atoms with Gasteiger partial charge < -0.3 is 20.1 Å². The molecule has 1 aromatic carbocycles. The number of likely N-dealkylation sites (tertiary alicyclic amines) is 1. The number of halogens is 3. The van der Waals surface area contributed by atoms with Crippen LogP contribution in [0.25, 0.3) is 0 Å². The lowest BCUT2D eigenvalue weighted by atomic mass is 9.95. The fourth-order valence-corrected chi connectivity index (χ4v) is 4.36. The van der Waals surface area contributed by atoms with Gasteiger partial charge in [0, 0.05) is 38.8 Å². The molecule has 2 fully saturated rings. The highest BCUT2D eigenvalue weighted by Crippen LogP contribution is 2.31. The van der Waals surface area contributed by atoms with Crippen molar-refractivity contribution in [1.82, 2.24) is 9.80 Å². The number of piperidine rings is 1. The summed E-state index contributed by atoms with van der Waals surface area (Å²) < 4.78 is 11.1. The van der Waals surface area contributed by atoms with Crippen molar-refractivity contribution < 1.29 is 14.3 Å². The minimum atomic E-state index is -0.0409. The first-order valence-corrected chi connectivity index (χ1v) is 10.0. The van der Waals surface area contributed by atoms with E-state index in [0.717, 1.165) is 45.6 Å². The first kappa shape index (κ1) is 26.1. The minimum Gasteiger partial charge on any atom is -0.496 e. The van der Waals surface area contributed by atoms with Gasteiger partial charge in [-0.2, -0.15) is 0 Å². The van der Waals surface area contributed by atoms with E-state index in [1.807, 2.05) is 4.90 Å². The summed E-state index contributed by atoms with van der Waals surface area (Å²) in [5.74, 6) is 1.05. The van der Waals surface area contributed by atoms with Crippen molar-refractivity contribution in [3.8, 4) is 5.75 Å². The summed E-state index contributed by atoms with van der Waals surface area (Å²) >= 11 is 6.11. The average Bonchev–Trinajstić information content (AvgIpc) is 2.63. The Labute approximate surface area is 190 Å². The smallest absolute Gasteiger partial charge is 0.257 e. The summed E-state index contributed by atoms with van der Waals surface area (Å²) in [7, 11) is 1.54. The maximum atomic E-state index is 12.9. The Kier molecular flexibility index (Phi) is 10.3. The number of anilines is 1. The Morgan fingerprint density at radius 3 is 2.34 bits per heavy atom. The highest BCUT2D eigenvalue weighted by molar-refractivity contribution is 6.33. The van der Waals surface area contributed by atoms with Crippen LogP contribution in [0.15, 0.2) is 12.1 Å². The Morgan fingerprint density at radius 2 is 1.79 bits per heavy atom. The maximum absolute atomic E-state index is 12.9. The fraction of sp³-hybridized carbons (Fsp3) is 0.650. The molecule has 166 valence electrons. The van der Waals surface area contributed by atoms with Crippen LogP contribution in [0, 0.1) is 5.92 Å². The number of ether oxygens (including phenoxy) is 2. The number of hydrogen-bond donors (Lipinski definition) is 1. The van der Waals surface area contributed by atoms with Gasteiger partial charge in [-0.3, -0.25) is 9.69 Å². The number of benzene rings is 1. The molecule has 2 aliphatic rings. The quantitative estimate of drug-likeness (QED) is 0.682. The Hall–Kier alpha value is -0.920. The van der Waals surface area contributed by atoms with Gasteiger partial charge in [0.15, 0.2) is 0 Å². The fourth-order valence-electron chi connectivity index (χ4n) is 4.19. The van der Waals surface area contributed by atoms with Gasteiger partial charge in [0.1, 0.15) is 5.75 Å². The molecule has 0 spiro atoms. The molecule has 0 saturated carbocycles. The molecular formula is C20H32Cl3N3O3. The van der Waals surface area contributed by atoms with Crippen LogP contribution in [0.4, 0.5) is 5.69 Å². The van der Waals surface area contributed by atoms with E-state index in [-0.39, 0.29) is 42.9 Å². The van der Waals surface area contributed by atoms with Crippen LogP contribution in [0.2, 0.25) is 5.02 Å². The summed E-state index contributed by atoms with van der Waals surface area (Å²) in [6.45, 7) is 8.84. The summed E-state index contributed by atoms with van der Waals surface area (Å²) in [6, 6.07) is 3.23. The number of carbonyl (C=O) groups excluding carboxylic acids is 1. The molecule has 1 amide bonds. The monoisotopic (exact) mass is 467 g/mol. The zero-order valence-electron chi connectivity index (χ0n) is 17.2. The third-order valence-corrected chi connectivity index (χ3v) is 5.79. The van der Waals surface area contributed by atoms with Crippen LogP contribution >= 0.6 is 36.4 Å². The number of hydrogen-bond acceptors (Lipinski definition) is 5. The third-order valence-electron chi connectivity index (χ3n) is 5.46. The topological polar surface area (TPSA) is 68.0 Å². The molecule has 2 saturated heterocycles. The molecule has 2 atom stereocenters. The lowest BCUT2D eigenvalue weighted by molar-refractivity contribution is -0.0728. The molecule has 2 heterocycles. The minimum absolute atomic E-state index is 0. The van der Waals surface area contributed by atoms with E-state index in [0.29, 0.717) is 27.9 Å². The van der Waals surface area contributed by atoms with E-state index in [1.54, 1.807) is 12.1 Å². The van der Waals surface area contributed by atoms with Crippen molar-refractivity contribution in [2.24, 2.45) is 5.92 Å². The van der Waals surface area contributed by atoms with Crippen molar-refractivity contribution in [3.05, 3.63) is 22.7 Å². The molecular weight excluding hydrogens is 437 g/mol. The number of nitrogens with zero attached hydrogens (tertiary/aromatic N) is 2. The van der Waals surface area contributed by atoms with Crippen LogP contribution in [0.5, 0.6) is 5.75 Å². The predicted molar refractivity (Wildman–Crippen MR) is 122 cm³/mol. The van der Waals surface area contributed by atoms with Crippen molar-refractivity contribution in [1.29, 1.82) is 0 Å². The van der Waals surface area contributed by atoms with Crippen molar-refractivity contribution in [3.63, 3.8) is 0 Å². The van der Waals surface area contributed by atoms with Crippen molar-refractivity contribution >= 4 is 48.0 Å². The second-order valence-corrected chi connectivity index (χ2v) is 8.19. The predicted octanol–water partition coefficient (Wildman–Crippen LogP) is 3.74. The Morgan fingerprint density at radius 1 is 1.21 bits per heavy atom. The molecule has 2 N–H and O–H groups in total. The van der Waals surface area contributed by atoms with Crippen LogP contribution in [0.3, 0.4) is 0 Å². The molecule has 3 rings (SSSR count). The van der Waals surface area contributed by atoms with Gasteiger partial charge in [0.05, 0.1) is 35.6 Å². The zero-order chi connectivity index (χ0) is 19.6. The lowest BCUT2D eigenvalue weighted by Crippen LogP contribution is -2.48. The maximum Gasteiger partial charge on any atom is 0.257 e. The first-order chi connectivity index (χ1) is 12.9. The number of carbonyl (C=O) groups is 1. The number of methoxy groups -OCH3 is 1. The van der Waals surface area contributed by atoms with Gasteiger partial charge in [-0.05, 0) is 38.7 Å². The lowest BCUT2D eigenvalue weighted by Gasteiger charge is -2.39. The van der Waals surface area contributed by atoms with Crippen LogP contribution in [-0.2, 0) is 4.74 Å². The molecule has 1 aromatic rings. The summed E-state index contributed by atoms with van der Waals surface area (Å²) in [6.07, 6.45) is 2.60. The van der Waals surface area contributed by atoms with Crippen molar-refractivity contribution in [2.45, 2.75) is 38.9 Å². The van der Waals surface area contributed by atoms with E-state index in [1.165, 1.54) is 7.11 Å². The highest BCUT2D eigenvalue weighted by atomic mass is 35.5. The number of morpholine rings is 1. The standard InChI is InChI=1S/C20H30ClN3O3.2ClH/c1-13-10-23(11-14(2)27-13)12-15-4-6-24(7-5-15)20(25)16-8-17(21)18(22)9-19(16)26-3;;/h8-9,13-15H,4-7,10-12,22H2,1-3H3;2*1H. The van der Waals surface area contributed by atoms with E-state index in [4.69, 9.17) is 26.8 Å². The number of nitrogen functional groups attached to an aromatic ring is 1. The van der Waals surface area contributed by atoms with Crippen molar-refractivity contribution in [2.75, 3.05) is 45.6 Å². The van der Waals surface area contributed by atoms with Gasteiger partial charge in [-0.25, -0.2) is 0 Å². The SMILES string of the molecule is COc1cc(N)c(Cl)cc1C(=O)N1CCC(CN2CC(C)OC(C)C2)CC1.Cl.Cl. The van der Waals surface area contributed by atoms with Crippen LogP contribution in [0.1, 0.15) is 37.0 Å². The Balaban J connectivity index is 0.00000210. The van der Waals surface area contributed by atoms with Gasteiger partial charge in [0.25, 0.3) is 5.91 Å². The van der Waals surface area contributed by atoms with Gasteiger partial charge in [-0.15, -0.1) is 24.8 Å². The van der Waals surface area contributed by atoms with E-state index < -0.39 is 0 Å². The normalized spacial score (nSPS) is 23.1. The third kappa shape index (κ3) is 6.53. The molecule has 2 aliphatic heterocycles. The molecule has 0 aromatic heterocycles. The molecule has 6 nitrogen and oxygen atoms in total. The highest BCUT2D eigenvalue weighted by Gasteiger charge is 2.29. The second-order valence-electron chi connectivity index (χ2n) is 7.79. The molecule has 0 bridgehead atoms. The summed E-state index contributed by atoms with van der Waals surface area (Å²) in [5.41, 5.74) is 6.71. The average molecular weight is 469 g/mol. The molecule has 9 heteroatoms. The summed E-state index contributed by atoms with van der Waals surface area (Å²) in [4.78, 5) is 17.3. The Bertz CT molecular complexity index is 674. The zero-order valence-corrected chi connectivity index (χ0v) is 19.6. The molecule has 2 unspecified atom stereocenters. The van der Waals surface area contributed by atoms with Gasteiger partial charge in [-0.1, -0.05) is 11.6 Å². The largest absolute Gasteiger partial charge is 0.496 e. The van der Waals surface area contributed by atoms with E-state index in [9.17, 15) is 4.79 Å². The van der Waals surface area contributed by atoms with Gasteiger partial charge >= 0.3 is 0 Å². The van der Waals surface area contributed by atoms with E-state index in [2.05, 4.69) is 18.7 Å². The summed E-state index contributed by atoms with van der Waals surface area (Å²) in [5, 5.41) is 0.379. The number of nitrogens with two attached hydrogens (primary N) is 1. The van der Waals surface area contributed by atoms with E-state index >= 15 is 0 Å². The first-order valence-electron chi connectivity index (χ1n) is 9.67. The van der Waals surface area contributed by atoms with Crippen LogP contribution in [-0.4, -0.2) is 67.7 Å². The van der Waals surface area contributed by atoms with Gasteiger partial charge in [0.2, 0.25) is 0 Å². The second kappa shape index (κ2) is 11.5. The molecule has 29 heavy (non-hydrogen) atoms. The van der Waals surface area contributed by atoms with Crippen LogP contribution < -0.4 is 10.5 Å². The number of amides is 1. The molecule has 0 aliphatic carbocycles. The molecule has 0 radical (unpaired) electrons. The number of rotatable bonds is 4.